The molecule has 1 saturated carbocycles. The van der Waals surface area contributed by atoms with Crippen LogP contribution in [0.2, 0.25) is 0 Å². The van der Waals surface area contributed by atoms with Gasteiger partial charge in [-0.1, -0.05) is 18.2 Å². The zero-order valence-corrected chi connectivity index (χ0v) is 25.9. The van der Waals surface area contributed by atoms with Crippen molar-refractivity contribution in [2.45, 2.75) is 70.7 Å². The number of fused-ring (bicyclic) bond motifs is 1. The minimum atomic E-state index is -0.457. The summed E-state index contributed by atoms with van der Waals surface area (Å²) in [5, 5.41) is 0. The van der Waals surface area contributed by atoms with Gasteiger partial charge < -0.3 is 18.8 Å². The van der Waals surface area contributed by atoms with Crippen molar-refractivity contribution < 1.29 is 23.8 Å². The third-order valence-electron chi connectivity index (χ3n) is 9.31. The number of likely N-dealkylation sites (tertiary alicyclic amines) is 1. The Labute approximate surface area is 262 Å². The lowest BCUT2D eigenvalue weighted by molar-refractivity contribution is -0.0593. The van der Waals surface area contributed by atoms with Gasteiger partial charge >= 0.3 is 5.97 Å². The van der Waals surface area contributed by atoms with Gasteiger partial charge in [-0.05, 0) is 87.5 Å². The summed E-state index contributed by atoms with van der Waals surface area (Å²) in [6, 6.07) is 15.5. The molecule has 0 amide bonds. The van der Waals surface area contributed by atoms with Gasteiger partial charge in [-0.25, -0.2) is 19.7 Å². The maximum absolute atomic E-state index is 12.4. The first-order valence-corrected chi connectivity index (χ1v) is 16.0. The number of benzene rings is 1. The summed E-state index contributed by atoms with van der Waals surface area (Å²) in [5.41, 5.74) is 5.73. The molecular formula is C35H39N5O5. The molecule has 2 saturated heterocycles. The first kappa shape index (κ1) is 29.6. The highest BCUT2D eigenvalue weighted by Gasteiger charge is 2.30. The Hall–Kier alpha value is -4.15. The van der Waals surface area contributed by atoms with E-state index in [0.29, 0.717) is 37.1 Å². The first-order chi connectivity index (χ1) is 21.9. The van der Waals surface area contributed by atoms with E-state index in [1.54, 1.807) is 6.07 Å². The number of Topliss-reactive ketones (excluding diaryl/α,β-unsaturated/α-hetero) is 1. The Bertz CT molecular complexity index is 1720. The Balaban J connectivity index is 0.981. The van der Waals surface area contributed by atoms with Crippen molar-refractivity contribution in [2.24, 2.45) is 5.92 Å². The predicted octanol–water partition coefficient (Wildman–Crippen LogP) is 5.26. The summed E-state index contributed by atoms with van der Waals surface area (Å²) < 4.78 is 18.9. The molecule has 1 atom stereocenters. The van der Waals surface area contributed by atoms with Gasteiger partial charge in [-0.2, -0.15) is 0 Å². The third-order valence-corrected chi connectivity index (χ3v) is 9.31. The number of aryl methyl sites for hydroxylation is 1. The van der Waals surface area contributed by atoms with Crippen LogP contribution in [0.3, 0.4) is 0 Å². The summed E-state index contributed by atoms with van der Waals surface area (Å²) in [5.74, 6) is 1.94. The predicted molar refractivity (Wildman–Crippen MR) is 167 cm³/mol. The number of hydrogen-bond acceptors (Lipinski definition) is 9. The highest BCUT2D eigenvalue weighted by atomic mass is 16.5. The lowest BCUT2D eigenvalue weighted by Gasteiger charge is -2.32. The quantitative estimate of drug-likeness (QED) is 0.166. The van der Waals surface area contributed by atoms with Crippen LogP contribution in [-0.2, 0) is 29.2 Å². The van der Waals surface area contributed by atoms with E-state index in [2.05, 4.69) is 20.5 Å². The van der Waals surface area contributed by atoms with E-state index in [4.69, 9.17) is 24.2 Å². The van der Waals surface area contributed by atoms with E-state index in [9.17, 15) is 9.59 Å². The van der Waals surface area contributed by atoms with Gasteiger partial charge in [-0.3, -0.25) is 9.69 Å². The molecule has 45 heavy (non-hydrogen) atoms. The Kier molecular flexibility index (Phi) is 8.33. The third kappa shape index (κ3) is 6.48. The fourth-order valence-electron chi connectivity index (χ4n) is 6.28. The van der Waals surface area contributed by atoms with Gasteiger partial charge in [0.1, 0.15) is 17.9 Å². The second-order valence-corrected chi connectivity index (χ2v) is 12.5. The molecule has 10 heteroatoms. The molecule has 234 valence electrons. The van der Waals surface area contributed by atoms with Crippen molar-refractivity contribution in [3.8, 4) is 5.88 Å². The zero-order chi connectivity index (χ0) is 30.9. The molecule has 0 spiro atoms. The Morgan fingerprint density at radius 1 is 0.978 bits per heavy atom. The molecule has 4 aromatic rings. The number of methoxy groups -OCH3 is 1. The SMILES string of the molecule is COC(=O)c1ccc2nc(CN3CCC(c4cccc(OCc5ccc(C(=O)C6CC6)cc5C)n4)CC3)n(C[C@@H]3CCO3)c2n1. The van der Waals surface area contributed by atoms with E-state index < -0.39 is 5.97 Å². The maximum Gasteiger partial charge on any atom is 0.356 e. The van der Waals surface area contributed by atoms with E-state index in [1.165, 1.54) is 7.11 Å². The van der Waals surface area contributed by atoms with Crippen LogP contribution in [0.5, 0.6) is 5.88 Å². The van der Waals surface area contributed by atoms with E-state index in [0.717, 1.165) is 85.5 Å². The number of nitrogens with zero attached hydrogens (tertiary/aromatic N) is 5. The van der Waals surface area contributed by atoms with Crippen LogP contribution in [0.1, 0.15) is 81.5 Å². The summed E-state index contributed by atoms with van der Waals surface area (Å²) in [6.07, 6.45) is 5.15. The molecule has 1 aliphatic carbocycles. The topological polar surface area (TPSA) is 109 Å². The zero-order valence-electron chi connectivity index (χ0n) is 25.9. The number of carbonyl (C=O) groups is 2. The maximum atomic E-state index is 12.4. The van der Waals surface area contributed by atoms with Crippen molar-refractivity contribution in [2.75, 3.05) is 26.8 Å². The minimum absolute atomic E-state index is 0.135. The van der Waals surface area contributed by atoms with Crippen LogP contribution in [0.25, 0.3) is 11.2 Å². The smallest absolute Gasteiger partial charge is 0.356 e. The largest absolute Gasteiger partial charge is 0.473 e. The molecule has 0 bridgehead atoms. The number of esters is 1. The summed E-state index contributed by atoms with van der Waals surface area (Å²) in [6.45, 7) is 6.44. The molecule has 1 aromatic carbocycles. The van der Waals surface area contributed by atoms with Crippen LogP contribution >= 0.6 is 0 Å². The van der Waals surface area contributed by atoms with E-state index >= 15 is 0 Å². The van der Waals surface area contributed by atoms with Gasteiger partial charge in [-0.15, -0.1) is 0 Å². The lowest BCUT2D eigenvalue weighted by Crippen LogP contribution is -2.35. The second-order valence-electron chi connectivity index (χ2n) is 12.5. The number of hydrogen-bond donors (Lipinski definition) is 0. The van der Waals surface area contributed by atoms with Crippen molar-refractivity contribution in [1.82, 2.24) is 24.4 Å². The van der Waals surface area contributed by atoms with Gasteiger partial charge in [0.05, 0.1) is 26.3 Å². The molecule has 0 N–H and O–H groups in total. The van der Waals surface area contributed by atoms with Crippen molar-refractivity contribution in [1.29, 1.82) is 0 Å². The summed E-state index contributed by atoms with van der Waals surface area (Å²) in [4.78, 5) is 41.4. The molecule has 7 rings (SSSR count). The van der Waals surface area contributed by atoms with E-state index in [-0.39, 0.29) is 23.5 Å². The molecule has 0 unspecified atom stereocenters. The number of ether oxygens (including phenoxy) is 3. The first-order valence-electron chi connectivity index (χ1n) is 16.0. The fourth-order valence-corrected chi connectivity index (χ4v) is 6.28. The normalized spacial score (nSPS) is 18.9. The number of piperidine rings is 1. The fraction of sp³-hybridized carbons (Fsp3) is 0.457. The lowest BCUT2D eigenvalue weighted by atomic mass is 9.93. The number of rotatable bonds is 11. The van der Waals surface area contributed by atoms with Crippen LogP contribution < -0.4 is 4.74 Å². The average molecular weight is 610 g/mol. The standard InChI is InChI=1S/C35H39N5O5/c1-22-18-25(33(41)24-6-7-24)8-9-26(22)21-45-32-5-3-4-28(37-32)23-12-15-39(16-13-23)20-31-36-29-10-11-30(35(42)43-2)38-34(29)40(31)19-27-14-17-44-27/h3-5,8-11,18,23-24,27H,6-7,12-17,19-21H2,1-2H3/t27-/m0/s1. The summed E-state index contributed by atoms with van der Waals surface area (Å²) >= 11 is 0. The number of ketones is 1. The van der Waals surface area contributed by atoms with Crippen LogP contribution in [0.4, 0.5) is 0 Å². The molecule has 3 fully saturated rings. The highest BCUT2D eigenvalue weighted by Crippen LogP contribution is 2.33. The van der Waals surface area contributed by atoms with Crippen LogP contribution in [0.15, 0.2) is 48.5 Å². The monoisotopic (exact) mass is 609 g/mol. The number of imidazole rings is 1. The van der Waals surface area contributed by atoms with Gasteiger partial charge in [0.2, 0.25) is 5.88 Å². The number of carbonyl (C=O) groups excluding carboxylic acids is 2. The second kappa shape index (κ2) is 12.7. The molecule has 2 aliphatic heterocycles. The van der Waals surface area contributed by atoms with Crippen molar-refractivity contribution in [3.63, 3.8) is 0 Å². The highest BCUT2D eigenvalue weighted by molar-refractivity contribution is 5.99. The number of pyridine rings is 2. The van der Waals surface area contributed by atoms with Crippen LogP contribution in [0, 0.1) is 12.8 Å². The van der Waals surface area contributed by atoms with Gasteiger partial charge in [0, 0.05) is 35.8 Å². The molecular weight excluding hydrogens is 570 g/mol. The minimum Gasteiger partial charge on any atom is -0.473 e. The van der Waals surface area contributed by atoms with Crippen molar-refractivity contribution >= 4 is 22.9 Å². The number of aromatic nitrogens is 4. The Morgan fingerprint density at radius 2 is 1.80 bits per heavy atom. The molecule has 5 heterocycles. The molecule has 3 aliphatic rings. The molecule has 0 radical (unpaired) electrons. The molecule has 10 nitrogen and oxygen atoms in total. The Morgan fingerprint density at radius 3 is 2.51 bits per heavy atom. The van der Waals surface area contributed by atoms with Gasteiger partial charge in [0.15, 0.2) is 17.1 Å². The van der Waals surface area contributed by atoms with Crippen LogP contribution in [-0.4, -0.2) is 69.1 Å². The van der Waals surface area contributed by atoms with Gasteiger partial charge in [0.25, 0.3) is 0 Å². The average Bonchev–Trinajstić information content (AvgIpc) is 3.84. The summed E-state index contributed by atoms with van der Waals surface area (Å²) in [7, 11) is 1.36. The van der Waals surface area contributed by atoms with E-state index in [1.807, 2.05) is 43.3 Å². The van der Waals surface area contributed by atoms with Crippen molar-refractivity contribution in [3.05, 3.63) is 82.4 Å². The molecule has 3 aromatic heterocycles.